The average molecular weight is 302 g/mol. The van der Waals surface area contributed by atoms with Gasteiger partial charge < -0.3 is 0 Å². The van der Waals surface area contributed by atoms with Crippen molar-refractivity contribution in [3.63, 3.8) is 0 Å². The first kappa shape index (κ1) is 13.6. The van der Waals surface area contributed by atoms with E-state index in [0.717, 1.165) is 10.0 Å². The summed E-state index contributed by atoms with van der Waals surface area (Å²) in [5.74, 6) is 0. The average Bonchev–Trinajstić information content (AvgIpc) is 2.18. The summed E-state index contributed by atoms with van der Waals surface area (Å²) < 4.78 is 16.5. The van der Waals surface area contributed by atoms with Gasteiger partial charge in [-0.05, 0) is 44.9 Å². The molecule has 2 nitrogen and oxygen atoms in total. The fourth-order valence-electron chi connectivity index (χ4n) is 0.956. The van der Waals surface area contributed by atoms with Crippen molar-refractivity contribution >= 4 is 33.1 Å². The topological polar surface area (TPSA) is 29.4 Å². The summed E-state index contributed by atoms with van der Waals surface area (Å²) in [4.78, 5) is 0. The molecule has 0 aliphatic heterocycles. The Hall–Kier alpha value is -0.480. The third-order valence-electron chi connectivity index (χ3n) is 2.02. The van der Waals surface area contributed by atoms with E-state index >= 15 is 0 Å². The standard InChI is InChI=1S/C12H16BrNOS/c1-9-5-6-10(7-11(9)13)8-14-16(15)12(2,3)4/h5-8H,1-4H3/t16-/m1/s1. The zero-order chi connectivity index (χ0) is 12.3. The number of hydrogen-bond acceptors (Lipinski definition) is 1. The van der Waals surface area contributed by atoms with E-state index in [2.05, 4.69) is 20.3 Å². The van der Waals surface area contributed by atoms with Crippen LogP contribution in [0.25, 0.3) is 0 Å². The zero-order valence-corrected chi connectivity index (χ0v) is 12.4. The van der Waals surface area contributed by atoms with Crippen LogP contribution in [0.5, 0.6) is 0 Å². The van der Waals surface area contributed by atoms with Crippen LogP contribution in [0.15, 0.2) is 27.1 Å². The van der Waals surface area contributed by atoms with Gasteiger partial charge in [-0.2, -0.15) is 4.40 Å². The van der Waals surface area contributed by atoms with Gasteiger partial charge in [0.2, 0.25) is 0 Å². The number of halogens is 1. The Kier molecular flexibility index (Phi) is 4.44. The Morgan fingerprint density at radius 3 is 2.50 bits per heavy atom. The van der Waals surface area contributed by atoms with Gasteiger partial charge in [-0.15, -0.1) is 0 Å². The van der Waals surface area contributed by atoms with Gasteiger partial charge in [0.1, 0.15) is 11.0 Å². The lowest BCUT2D eigenvalue weighted by atomic mass is 10.2. The second-order valence-electron chi connectivity index (χ2n) is 4.60. The Bertz CT molecular complexity index is 435. The minimum atomic E-state index is -1.20. The third kappa shape index (κ3) is 3.83. The van der Waals surface area contributed by atoms with Crippen LogP contribution in [-0.2, 0) is 11.0 Å². The molecule has 0 saturated carbocycles. The summed E-state index contributed by atoms with van der Waals surface area (Å²) in [7, 11) is -1.20. The number of rotatable bonds is 2. The van der Waals surface area contributed by atoms with E-state index in [-0.39, 0.29) is 4.75 Å². The number of aryl methyl sites for hydroxylation is 1. The van der Waals surface area contributed by atoms with Crippen molar-refractivity contribution in [1.82, 2.24) is 0 Å². The van der Waals surface area contributed by atoms with Gasteiger partial charge in [-0.25, -0.2) is 4.21 Å². The molecule has 0 heterocycles. The van der Waals surface area contributed by atoms with Gasteiger partial charge in [0, 0.05) is 10.7 Å². The number of benzene rings is 1. The Balaban J connectivity index is 2.85. The van der Waals surface area contributed by atoms with E-state index in [1.54, 1.807) is 6.21 Å². The van der Waals surface area contributed by atoms with Gasteiger partial charge in [0.15, 0.2) is 0 Å². The van der Waals surface area contributed by atoms with Crippen molar-refractivity contribution in [2.24, 2.45) is 4.40 Å². The third-order valence-corrected chi connectivity index (χ3v) is 4.22. The maximum atomic E-state index is 11.7. The lowest BCUT2D eigenvalue weighted by Gasteiger charge is -2.12. The molecule has 0 saturated heterocycles. The fourth-order valence-corrected chi connectivity index (χ4v) is 1.89. The molecular formula is C12H16BrNOS. The maximum Gasteiger partial charge on any atom is 0.144 e. The van der Waals surface area contributed by atoms with Crippen LogP contribution in [0, 0.1) is 6.92 Å². The normalized spacial score (nSPS) is 14.3. The SMILES string of the molecule is Cc1ccc(C=N[S@](=O)C(C)(C)C)cc1Br. The van der Waals surface area contributed by atoms with Gasteiger partial charge in [0.25, 0.3) is 0 Å². The molecule has 1 aromatic rings. The second kappa shape index (κ2) is 5.23. The highest BCUT2D eigenvalue weighted by Crippen LogP contribution is 2.17. The van der Waals surface area contributed by atoms with Crippen LogP contribution in [0.4, 0.5) is 0 Å². The largest absolute Gasteiger partial charge is 0.234 e. The highest BCUT2D eigenvalue weighted by molar-refractivity contribution is 9.10. The number of hydrogen-bond donors (Lipinski definition) is 0. The van der Waals surface area contributed by atoms with Crippen molar-refractivity contribution in [2.75, 3.05) is 0 Å². The van der Waals surface area contributed by atoms with Crippen LogP contribution in [0.2, 0.25) is 0 Å². The summed E-state index contributed by atoms with van der Waals surface area (Å²) in [5.41, 5.74) is 2.13. The van der Waals surface area contributed by atoms with E-state index in [4.69, 9.17) is 0 Å². The Morgan fingerprint density at radius 1 is 1.38 bits per heavy atom. The monoisotopic (exact) mass is 301 g/mol. The Labute approximate surface area is 108 Å². The molecule has 1 atom stereocenters. The van der Waals surface area contributed by atoms with E-state index in [1.165, 1.54) is 5.56 Å². The smallest absolute Gasteiger partial charge is 0.144 e. The first-order chi connectivity index (χ1) is 7.30. The van der Waals surface area contributed by atoms with E-state index in [1.807, 2.05) is 45.9 Å². The predicted octanol–water partition coefficient (Wildman–Crippen LogP) is 3.64. The van der Waals surface area contributed by atoms with Crippen LogP contribution < -0.4 is 0 Å². The first-order valence-corrected chi connectivity index (χ1v) is 6.93. The van der Waals surface area contributed by atoms with Gasteiger partial charge in [-0.1, -0.05) is 28.1 Å². The van der Waals surface area contributed by atoms with Crippen LogP contribution in [0.3, 0.4) is 0 Å². The van der Waals surface area contributed by atoms with Crippen molar-refractivity contribution < 1.29 is 4.21 Å². The summed E-state index contributed by atoms with van der Waals surface area (Å²) in [6.07, 6.45) is 1.66. The van der Waals surface area contributed by atoms with Crippen molar-refractivity contribution in [1.29, 1.82) is 0 Å². The zero-order valence-electron chi connectivity index (χ0n) is 9.95. The highest BCUT2D eigenvalue weighted by Gasteiger charge is 2.17. The molecule has 1 aromatic carbocycles. The summed E-state index contributed by atoms with van der Waals surface area (Å²) in [6, 6.07) is 5.94. The molecule has 16 heavy (non-hydrogen) atoms. The van der Waals surface area contributed by atoms with Crippen molar-refractivity contribution in [3.05, 3.63) is 33.8 Å². The second-order valence-corrected chi connectivity index (χ2v) is 7.39. The number of nitrogens with zero attached hydrogens (tertiary/aromatic N) is 1. The van der Waals surface area contributed by atoms with Gasteiger partial charge in [-0.3, -0.25) is 0 Å². The van der Waals surface area contributed by atoms with Gasteiger partial charge in [0.05, 0.1) is 4.75 Å². The lowest BCUT2D eigenvalue weighted by molar-refractivity contribution is 0.651. The maximum absolute atomic E-state index is 11.7. The quantitative estimate of drug-likeness (QED) is 0.767. The van der Waals surface area contributed by atoms with Crippen LogP contribution >= 0.6 is 15.9 Å². The highest BCUT2D eigenvalue weighted by atomic mass is 79.9. The Morgan fingerprint density at radius 2 is 2.00 bits per heavy atom. The molecule has 0 fully saturated rings. The van der Waals surface area contributed by atoms with Gasteiger partial charge >= 0.3 is 0 Å². The first-order valence-electron chi connectivity index (χ1n) is 5.03. The van der Waals surface area contributed by atoms with Crippen LogP contribution in [0.1, 0.15) is 31.9 Å². The molecule has 0 bridgehead atoms. The molecule has 0 amide bonds. The molecule has 1 rings (SSSR count). The van der Waals surface area contributed by atoms with E-state index in [0.29, 0.717) is 0 Å². The summed E-state index contributed by atoms with van der Waals surface area (Å²) in [5, 5.41) is 0. The van der Waals surface area contributed by atoms with Crippen LogP contribution in [-0.4, -0.2) is 15.2 Å². The summed E-state index contributed by atoms with van der Waals surface area (Å²) in [6.45, 7) is 7.75. The van der Waals surface area contributed by atoms with Crippen molar-refractivity contribution in [3.8, 4) is 0 Å². The fraction of sp³-hybridized carbons (Fsp3) is 0.417. The molecule has 0 aliphatic carbocycles. The predicted molar refractivity (Wildman–Crippen MR) is 74.4 cm³/mol. The molecule has 0 N–H and O–H groups in total. The molecule has 0 radical (unpaired) electrons. The lowest BCUT2D eigenvalue weighted by Crippen LogP contribution is -2.19. The molecule has 0 aromatic heterocycles. The van der Waals surface area contributed by atoms with Crippen molar-refractivity contribution in [2.45, 2.75) is 32.4 Å². The summed E-state index contributed by atoms with van der Waals surface area (Å²) >= 11 is 3.46. The molecule has 0 aliphatic rings. The molecule has 0 spiro atoms. The van der Waals surface area contributed by atoms with E-state index in [9.17, 15) is 4.21 Å². The van der Waals surface area contributed by atoms with E-state index < -0.39 is 11.0 Å². The molecule has 88 valence electrons. The minimum Gasteiger partial charge on any atom is -0.234 e. The molecule has 0 unspecified atom stereocenters. The molecular weight excluding hydrogens is 286 g/mol. The minimum absolute atomic E-state index is 0.307. The molecule has 4 heteroatoms.